The Morgan fingerprint density at radius 1 is 1.15 bits per heavy atom. The number of methoxy groups -OCH3 is 1. The van der Waals surface area contributed by atoms with Crippen LogP contribution in [0.4, 0.5) is 5.69 Å². The van der Waals surface area contributed by atoms with Crippen LogP contribution in [0.25, 0.3) is 0 Å². The molecule has 0 aliphatic rings. The van der Waals surface area contributed by atoms with Crippen LogP contribution < -0.4 is 10.1 Å². The van der Waals surface area contributed by atoms with E-state index in [1.165, 1.54) is 0 Å². The minimum absolute atomic E-state index is 0.250. The van der Waals surface area contributed by atoms with E-state index in [0.717, 1.165) is 11.3 Å². The van der Waals surface area contributed by atoms with Crippen LogP contribution in [-0.2, 0) is 0 Å². The van der Waals surface area contributed by atoms with Gasteiger partial charge >= 0.3 is 0 Å². The predicted octanol–water partition coefficient (Wildman–Crippen LogP) is 4.56. The van der Waals surface area contributed by atoms with Gasteiger partial charge in [0.15, 0.2) is 0 Å². The van der Waals surface area contributed by atoms with Gasteiger partial charge in [-0.3, -0.25) is 4.79 Å². The number of nitrogens with one attached hydrogen (secondary N) is 1. The third kappa shape index (κ3) is 3.24. The molecule has 2 aromatic carbocycles. The van der Waals surface area contributed by atoms with E-state index in [-0.39, 0.29) is 5.91 Å². The lowest BCUT2D eigenvalue weighted by molar-refractivity contribution is 0.102. The van der Waals surface area contributed by atoms with Gasteiger partial charge < -0.3 is 10.1 Å². The lowest BCUT2D eigenvalue weighted by Gasteiger charge is -2.10. The van der Waals surface area contributed by atoms with Crippen molar-refractivity contribution in [3.8, 4) is 5.75 Å². The second kappa shape index (κ2) is 6.16. The molecule has 0 spiro atoms. The molecule has 5 heteroatoms. The Labute approximate surface area is 127 Å². The second-order valence-electron chi connectivity index (χ2n) is 4.26. The van der Waals surface area contributed by atoms with E-state index in [2.05, 4.69) is 5.32 Å². The molecule has 0 aromatic heterocycles. The maximum Gasteiger partial charge on any atom is 0.255 e. The normalized spacial score (nSPS) is 10.2. The van der Waals surface area contributed by atoms with Gasteiger partial charge in [0, 0.05) is 10.6 Å². The van der Waals surface area contributed by atoms with Crippen molar-refractivity contribution in [2.75, 3.05) is 12.4 Å². The van der Waals surface area contributed by atoms with Crippen molar-refractivity contribution < 1.29 is 9.53 Å². The highest BCUT2D eigenvalue weighted by Gasteiger charge is 2.10. The molecule has 0 aliphatic carbocycles. The number of ether oxygens (including phenoxy) is 1. The SMILES string of the molecule is COc1ccc(C(=O)Nc2cc(Cl)ccc2Cl)cc1C. The van der Waals surface area contributed by atoms with Gasteiger partial charge in [-0.05, 0) is 48.9 Å². The van der Waals surface area contributed by atoms with E-state index in [0.29, 0.717) is 21.3 Å². The highest BCUT2D eigenvalue weighted by molar-refractivity contribution is 6.35. The first-order valence-corrected chi connectivity index (χ1v) is 6.68. The van der Waals surface area contributed by atoms with Gasteiger partial charge in [-0.15, -0.1) is 0 Å². The van der Waals surface area contributed by atoms with Crippen molar-refractivity contribution in [1.29, 1.82) is 0 Å². The Hall–Kier alpha value is -1.71. The smallest absolute Gasteiger partial charge is 0.255 e. The van der Waals surface area contributed by atoms with Crippen LogP contribution >= 0.6 is 23.2 Å². The molecule has 0 saturated heterocycles. The monoisotopic (exact) mass is 309 g/mol. The zero-order valence-electron chi connectivity index (χ0n) is 11.0. The average Bonchev–Trinajstić information content (AvgIpc) is 2.42. The minimum Gasteiger partial charge on any atom is -0.496 e. The summed E-state index contributed by atoms with van der Waals surface area (Å²) in [6, 6.07) is 10.1. The largest absolute Gasteiger partial charge is 0.496 e. The molecule has 20 heavy (non-hydrogen) atoms. The van der Waals surface area contributed by atoms with Crippen molar-refractivity contribution in [2.45, 2.75) is 6.92 Å². The van der Waals surface area contributed by atoms with Crippen LogP contribution in [-0.4, -0.2) is 13.0 Å². The Morgan fingerprint density at radius 2 is 1.90 bits per heavy atom. The van der Waals surface area contributed by atoms with Crippen LogP contribution in [0.3, 0.4) is 0 Å². The third-order valence-electron chi connectivity index (χ3n) is 2.83. The van der Waals surface area contributed by atoms with Crippen LogP contribution in [0.2, 0.25) is 10.0 Å². The highest BCUT2D eigenvalue weighted by Crippen LogP contribution is 2.26. The van der Waals surface area contributed by atoms with Gasteiger partial charge in [-0.2, -0.15) is 0 Å². The van der Waals surface area contributed by atoms with E-state index in [9.17, 15) is 4.79 Å². The van der Waals surface area contributed by atoms with Gasteiger partial charge in [-0.25, -0.2) is 0 Å². The van der Waals surface area contributed by atoms with Crippen LogP contribution in [0.15, 0.2) is 36.4 Å². The molecule has 1 N–H and O–H groups in total. The fourth-order valence-corrected chi connectivity index (χ4v) is 2.14. The standard InChI is InChI=1S/C15H13Cl2NO2/c1-9-7-10(3-6-14(9)20-2)15(19)18-13-8-11(16)4-5-12(13)17/h3-8H,1-2H3,(H,18,19). The molecule has 0 bridgehead atoms. The molecule has 0 heterocycles. The summed E-state index contributed by atoms with van der Waals surface area (Å²) >= 11 is 11.9. The maximum absolute atomic E-state index is 12.2. The molecular formula is C15H13Cl2NO2. The van der Waals surface area contributed by atoms with Gasteiger partial charge in [0.05, 0.1) is 17.8 Å². The summed E-state index contributed by atoms with van der Waals surface area (Å²) in [5, 5.41) is 3.68. The number of aryl methyl sites for hydroxylation is 1. The van der Waals surface area contributed by atoms with Gasteiger partial charge in [-0.1, -0.05) is 23.2 Å². The van der Waals surface area contributed by atoms with Crippen molar-refractivity contribution in [3.05, 3.63) is 57.6 Å². The van der Waals surface area contributed by atoms with Crippen molar-refractivity contribution in [2.24, 2.45) is 0 Å². The molecular weight excluding hydrogens is 297 g/mol. The molecule has 0 fully saturated rings. The van der Waals surface area contributed by atoms with Gasteiger partial charge in [0.25, 0.3) is 5.91 Å². The number of hydrogen-bond donors (Lipinski definition) is 1. The molecule has 2 rings (SSSR count). The summed E-state index contributed by atoms with van der Waals surface area (Å²) < 4.78 is 5.16. The maximum atomic E-state index is 12.2. The van der Waals surface area contributed by atoms with Crippen molar-refractivity contribution in [1.82, 2.24) is 0 Å². The topological polar surface area (TPSA) is 38.3 Å². The fourth-order valence-electron chi connectivity index (χ4n) is 1.81. The second-order valence-corrected chi connectivity index (χ2v) is 5.11. The quantitative estimate of drug-likeness (QED) is 0.902. The fraction of sp³-hybridized carbons (Fsp3) is 0.133. The lowest BCUT2D eigenvalue weighted by Crippen LogP contribution is -2.12. The Bertz CT molecular complexity index is 656. The zero-order valence-corrected chi connectivity index (χ0v) is 12.5. The summed E-state index contributed by atoms with van der Waals surface area (Å²) in [5.74, 6) is 0.488. The molecule has 1 amide bonds. The predicted molar refractivity (Wildman–Crippen MR) is 82.1 cm³/mol. The zero-order chi connectivity index (χ0) is 14.7. The number of hydrogen-bond acceptors (Lipinski definition) is 2. The van der Waals surface area contributed by atoms with Crippen LogP contribution in [0.5, 0.6) is 5.75 Å². The van der Waals surface area contributed by atoms with Crippen molar-refractivity contribution in [3.63, 3.8) is 0 Å². The first-order valence-electron chi connectivity index (χ1n) is 5.92. The Morgan fingerprint density at radius 3 is 2.55 bits per heavy atom. The van der Waals surface area contributed by atoms with E-state index >= 15 is 0 Å². The average molecular weight is 310 g/mol. The molecule has 3 nitrogen and oxygen atoms in total. The number of anilines is 1. The number of carbonyl (C=O) groups is 1. The lowest BCUT2D eigenvalue weighted by atomic mass is 10.1. The summed E-state index contributed by atoms with van der Waals surface area (Å²) in [6.07, 6.45) is 0. The summed E-state index contributed by atoms with van der Waals surface area (Å²) in [6.45, 7) is 1.88. The third-order valence-corrected chi connectivity index (χ3v) is 3.40. The summed E-state index contributed by atoms with van der Waals surface area (Å²) in [5.41, 5.74) is 1.90. The van der Waals surface area contributed by atoms with Crippen molar-refractivity contribution >= 4 is 34.8 Å². The highest BCUT2D eigenvalue weighted by atomic mass is 35.5. The summed E-state index contributed by atoms with van der Waals surface area (Å²) in [4.78, 5) is 12.2. The Kier molecular flexibility index (Phi) is 4.53. The number of carbonyl (C=O) groups excluding carboxylic acids is 1. The molecule has 0 unspecified atom stereocenters. The first kappa shape index (κ1) is 14.7. The molecule has 0 atom stereocenters. The molecule has 2 aromatic rings. The van der Waals surface area contributed by atoms with Crippen LogP contribution in [0.1, 0.15) is 15.9 Å². The number of halogens is 2. The molecule has 0 aliphatic heterocycles. The summed E-state index contributed by atoms with van der Waals surface area (Å²) in [7, 11) is 1.59. The number of amides is 1. The number of benzene rings is 2. The Balaban J connectivity index is 2.24. The van der Waals surface area contributed by atoms with E-state index < -0.39 is 0 Å². The molecule has 104 valence electrons. The minimum atomic E-state index is -0.250. The van der Waals surface area contributed by atoms with Gasteiger partial charge in [0.2, 0.25) is 0 Å². The van der Waals surface area contributed by atoms with E-state index in [1.54, 1.807) is 43.5 Å². The number of rotatable bonds is 3. The molecule has 0 saturated carbocycles. The van der Waals surface area contributed by atoms with E-state index in [4.69, 9.17) is 27.9 Å². The molecule has 0 radical (unpaired) electrons. The van der Waals surface area contributed by atoms with Crippen LogP contribution in [0, 0.1) is 6.92 Å². The first-order chi connectivity index (χ1) is 9.51. The van der Waals surface area contributed by atoms with Gasteiger partial charge in [0.1, 0.15) is 5.75 Å². The van der Waals surface area contributed by atoms with E-state index in [1.807, 2.05) is 6.92 Å².